The topological polar surface area (TPSA) is 24.1 Å². The summed E-state index contributed by atoms with van der Waals surface area (Å²) in [4.78, 5) is 0. The summed E-state index contributed by atoms with van der Waals surface area (Å²) in [5.74, 6) is 0. The first kappa shape index (κ1) is 9.03. The Morgan fingerprint density at radius 1 is 1.07 bits per heavy atom. The van der Waals surface area contributed by atoms with Crippen LogP contribution in [0.15, 0.2) is 54.8 Å². The summed E-state index contributed by atoms with van der Waals surface area (Å²) >= 11 is 0. The van der Waals surface area contributed by atoms with E-state index in [1.165, 1.54) is 5.56 Å². The van der Waals surface area contributed by atoms with E-state index in [0.29, 0.717) is 0 Å². The van der Waals surface area contributed by atoms with Crippen LogP contribution in [0.4, 0.5) is 0 Å². The van der Waals surface area contributed by atoms with Crippen molar-refractivity contribution in [3.63, 3.8) is 0 Å². The number of rotatable bonds is 3. The predicted molar refractivity (Wildman–Crippen MR) is 57.9 cm³/mol. The zero-order chi connectivity index (χ0) is 9.64. The Kier molecular flexibility index (Phi) is 2.99. The van der Waals surface area contributed by atoms with Gasteiger partial charge in [0.2, 0.25) is 0 Å². The van der Waals surface area contributed by atoms with Crippen molar-refractivity contribution in [3.8, 4) is 0 Å². The maximum absolute atomic E-state index is 3.31. The van der Waals surface area contributed by atoms with Gasteiger partial charge in [0, 0.05) is 6.54 Å². The fourth-order valence-electron chi connectivity index (χ4n) is 1.30. The molecule has 1 aliphatic rings. The molecule has 0 fully saturated rings. The minimum atomic E-state index is 0.849. The molecule has 0 atom stereocenters. The molecule has 2 rings (SSSR count). The Balaban J connectivity index is 1.83. The first-order chi connectivity index (χ1) is 6.95. The molecule has 0 amide bonds. The van der Waals surface area contributed by atoms with Crippen LogP contribution in [0.5, 0.6) is 0 Å². The van der Waals surface area contributed by atoms with Crippen LogP contribution in [0.2, 0.25) is 0 Å². The molecule has 0 unspecified atom stereocenters. The quantitative estimate of drug-likeness (QED) is 0.752. The van der Waals surface area contributed by atoms with Gasteiger partial charge in [0.15, 0.2) is 0 Å². The zero-order valence-corrected chi connectivity index (χ0v) is 7.90. The Morgan fingerprint density at radius 3 is 2.64 bits per heavy atom. The summed E-state index contributed by atoms with van der Waals surface area (Å²) in [5.41, 5.74) is 1.28. The third kappa shape index (κ3) is 2.47. The molecule has 0 spiro atoms. The van der Waals surface area contributed by atoms with Crippen LogP contribution in [0.3, 0.4) is 0 Å². The third-order valence-corrected chi connectivity index (χ3v) is 2.03. The molecule has 2 heteroatoms. The number of hydrogen-bond acceptors (Lipinski definition) is 2. The number of benzene rings is 1. The number of dihydropyridines is 1. The Bertz CT molecular complexity index is 327. The van der Waals surface area contributed by atoms with Crippen LogP contribution in [0.25, 0.3) is 0 Å². The number of allylic oxidation sites excluding steroid dienone is 2. The van der Waals surface area contributed by atoms with E-state index in [9.17, 15) is 0 Å². The van der Waals surface area contributed by atoms with E-state index in [0.717, 1.165) is 12.7 Å². The summed E-state index contributed by atoms with van der Waals surface area (Å²) < 4.78 is 0. The minimum absolute atomic E-state index is 0.849. The average molecular weight is 185 g/mol. The Morgan fingerprint density at radius 2 is 1.93 bits per heavy atom. The second-order valence-electron chi connectivity index (χ2n) is 3.12. The van der Waals surface area contributed by atoms with Crippen molar-refractivity contribution in [1.82, 2.24) is 10.6 Å². The second-order valence-corrected chi connectivity index (χ2v) is 3.12. The van der Waals surface area contributed by atoms with Crippen molar-refractivity contribution in [3.05, 3.63) is 66.5 Å². The summed E-state index contributed by atoms with van der Waals surface area (Å²) in [6.07, 6.45) is 8.93. The average Bonchev–Trinajstić information content (AvgIpc) is 2.29. The van der Waals surface area contributed by atoms with Gasteiger partial charge in [-0.05, 0) is 23.9 Å². The van der Waals surface area contributed by atoms with E-state index in [4.69, 9.17) is 0 Å². The van der Waals surface area contributed by atoms with Gasteiger partial charge in [0.25, 0.3) is 0 Å². The minimum Gasteiger partial charge on any atom is -0.367 e. The Labute approximate surface area is 84.3 Å². The summed E-state index contributed by atoms with van der Waals surface area (Å²) in [6, 6.07) is 10.3. The SMILES string of the molecule is C1=CN[C](NCc2ccccc2)C=C1. The number of hydrogen-bond donors (Lipinski definition) is 2. The molecule has 1 radical (unpaired) electrons. The fourth-order valence-corrected chi connectivity index (χ4v) is 1.30. The Hall–Kier alpha value is -1.54. The third-order valence-electron chi connectivity index (χ3n) is 2.03. The molecular formula is C12H13N2. The van der Waals surface area contributed by atoms with Gasteiger partial charge in [-0.15, -0.1) is 0 Å². The van der Waals surface area contributed by atoms with Gasteiger partial charge in [-0.25, -0.2) is 0 Å². The van der Waals surface area contributed by atoms with Crippen LogP contribution in [0.1, 0.15) is 5.56 Å². The van der Waals surface area contributed by atoms with Crippen molar-refractivity contribution in [2.45, 2.75) is 6.54 Å². The summed E-state index contributed by atoms with van der Waals surface area (Å²) in [6.45, 7) is 0.849. The molecule has 0 bridgehead atoms. The summed E-state index contributed by atoms with van der Waals surface area (Å²) in [7, 11) is 0. The van der Waals surface area contributed by atoms with Crippen molar-refractivity contribution in [1.29, 1.82) is 0 Å². The van der Waals surface area contributed by atoms with E-state index in [1.54, 1.807) is 0 Å². The van der Waals surface area contributed by atoms with E-state index in [1.807, 2.05) is 42.6 Å². The monoisotopic (exact) mass is 185 g/mol. The molecule has 0 saturated carbocycles. The van der Waals surface area contributed by atoms with E-state index < -0.39 is 0 Å². The fraction of sp³-hybridized carbons (Fsp3) is 0.0833. The van der Waals surface area contributed by atoms with E-state index in [-0.39, 0.29) is 0 Å². The largest absolute Gasteiger partial charge is 0.367 e. The number of nitrogens with one attached hydrogen (secondary N) is 2. The summed E-state index contributed by atoms with van der Waals surface area (Å²) in [5, 5.41) is 6.43. The molecule has 2 N–H and O–H groups in total. The lowest BCUT2D eigenvalue weighted by Crippen LogP contribution is -2.30. The molecule has 0 aromatic heterocycles. The molecule has 14 heavy (non-hydrogen) atoms. The molecular weight excluding hydrogens is 172 g/mol. The van der Waals surface area contributed by atoms with Crippen molar-refractivity contribution >= 4 is 0 Å². The van der Waals surface area contributed by atoms with Gasteiger partial charge in [-0.2, -0.15) is 0 Å². The van der Waals surface area contributed by atoms with Gasteiger partial charge < -0.3 is 5.32 Å². The second kappa shape index (κ2) is 4.63. The van der Waals surface area contributed by atoms with Gasteiger partial charge in [-0.3, -0.25) is 5.32 Å². The first-order valence-corrected chi connectivity index (χ1v) is 4.70. The van der Waals surface area contributed by atoms with Gasteiger partial charge in [0.1, 0.15) is 6.17 Å². The van der Waals surface area contributed by atoms with Crippen LogP contribution in [-0.2, 0) is 6.54 Å². The molecule has 1 aromatic carbocycles. The lowest BCUT2D eigenvalue weighted by molar-refractivity contribution is 0.671. The molecule has 1 aliphatic heterocycles. The van der Waals surface area contributed by atoms with Crippen LogP contribution in [0, 0.1) is 6.17 Å². The van der Waals surface area contributed by atoms with E-state index >= 15 is 0 Å². The highest BCUT2D eigenvalue weighted by atomic mass is 15.1. The molecule has 71 valence electrons. The highest BCUT2D eigenvalue weighted by Crippen LogP contribution is 2.02. The lowest BCUT2D eigenvalue weighted by Gasteiger charge is -2.15. The molecule has 0 saturated heterocycles. The van der Waals surface area contributed by atoms with Crippen molar-refractivity contribution in [2.75, 3.05) is 0 Å². The standard InChI is InChI=1S/C12H13N2/c1-2-6-11(7-3-1)10-14-12-8-4-5-9-13-12/h1-9,13-14H,10H2. The van der Waals surface area contributed by atoms with Gasteiger partial charge in [-0.1, -0.05) is 36.4 Å². The highest BCUT2D eigenvalue weighted by Gasteiger charge is 2.03. The normalized spacial score (nSPS) is 15.4. The van der Waals surface area contributed by atoms with Crippen LogP contribution >= 0.6 is 0 Å². The molecule has 1 aromatic rings. The van der Waals surface area contributed by atoms with Crippen LogP contribution < -0.4 is 10.6 Å². The van der Waals surface area contributed by atoms with Crippen molar-refractivity contribution < 1.29 is 0 Å². The smallest absolute Gasteiger partial charge is 0.149 e. The predicted octanol–water partition coefficient (Wildman–Crippen LogP) is 1.94. The van der Waals surface area contributed by atoms with Crippen molar-refractivity contribution in [2.24, 2.45) is 0 Å². The zero-order valence-electron chi connectivity index (χ0n) is 7.90. The van der Waals surface area contributed by atoms with Gasteiger partial charge in [0.05, 0.1) is 0 Å². The first-order valence-electron chi connectivity index (χ1n) is 4.70. The maximum Gasteiger partial charge on any atom is 0.149 e. The molecule has 1 heterocycles. The van der Waals surface area contributed by atoms with E-state index in [2.05, 4.69) is 22.8 Å². The van der Waals surface area contributed by atoms with Crippen LogP contribution in [-0.4, -0.2) is 0 Å². The van der Waals surface area contributed by atoms with Gasteiger partial charge >= 0.3 is 0 Å². The molecule has 2 nitrogen and oxygen atoms in total. The maximum atomic E-state index is 3.31. The lowest BCUT2D eigenvalue weighted by atomic mass is 10.2. The molecule has 0 aliphatic carbocycles. The highest BCUT2D eigenvalue weighted by molar-refractivity contribution is 5.21.